The zero-order valence-corrected chi connectivity index (χ0v) is 12.0. The molecule has 0 spiro atoms. The Morgan fingerprint density at radius 2 is 1.95 bits per heavy atom. The molecular formula is C14H14ClN5. The van der Waals surface area contributed by atoms with Gasteiger partial charge in [-0.15, -0.1) is 5.10 Å². The fourth-order valence-corrected chi connectivity index (χ4v) is 2.18. The number of hydrogen-bond donors (Lipinski definition) is 1. The van der Waals surface area contributed by atoms with E-state index in [1.165, 1.54) is 0 Å². The highest BCUT2D eigenvalue weighted by Crippen LogP contribution is 2.22. The Labute approximate surface area is 122 Å². The highest BCUT2D eigenvalue weighted by atomic mass is 35.5. The third-order valence-corrected chi connectivity index (χ3v) is 3.39. The molecule has 5 nitrogen and oxygen atoms in total. The number of nitrogens with zero attached hydrogens (tertiary/aromatic N) is 4. The third-order valence-electron chi connectivity index (χ3n) is 3.14. The first kappa shape index (κ1) is 12.9. The highest BCUT2D eigenvalue weighted by Gasteiger charge is 2.17. The Hall–Kier alpha value is -2.14. The Kier molecular flexibility index (Phi) is 3.28. The van der Waals surface area contributed by atoms with Crippen molar-refractivity contribution in [1.82, 2.24) is 15.2 Å². The van der Waals surface area contributed by atoms with Gasteiger partial charge in [-0.25, -0.2) is 0 Å². The van der Waals surface area contributed by atoms with Crippen LogP contribution in [0, 0.1) is 0 Å². The molecule has 3 rings (SSSR count). The average molecular weight is 288 g/mol. The second-order valence-corrected chi connectivity index (χ2v) is 5.08. The molecule has 102 valence electrons. The maximum absolute atomic E-state index is 5.88. The number of anilines is 1. The van der Waals surface area contributed by atoms with E-state index in [-0.39, 0.29) is 0 Å². The number of aliphatic imine (C=N–C) groups is 1. The number of halogens is 1. The number of allylic oxidation sites excluding steroid dienone is 2. The molecular weight excluding hydrogens is 274 g/mol. The van der Waals surface area contributed by atoms with Crippen molar-refractivity contribution in [3.05, 3.63) is 41.1 Å². The van der Waals surface area contributed by atoms with E-state index in [2.05, 4.69) is 20.2 Å². The minimum atomic E-state index is 0.548. The maximum Gasteiger partial charge on any atom is 0.250 e. The van der Waals surface area contributed by atoms with E-state index in [1.807, 2.05) is 49.1 Å². The Bertz CT molecular complexity index is 684. The summed E-state index contributed by atoms with van der Waals surface area (Å²) in [6.45, 7) is 4.56. The second-order valence-electron chi connectivity index (χ2n) is 4.65. The summed E-state index contributed by atoms with van der Waals surface area (Å²) in [6, 6.07) is 7.49. The molecule has 2 heterocycles. The van der Waals surface area contributed by atoms with Crippen LogP contribution in [-0.2, 0) is 0 Å². The molecule has 0 aliphatic carbocycles. The van der Waals surface area contributed by atoms with E-state index in [9.17, 15) is 0 Å². The zero-order valence-electron chi connectivity index (χ0n) is 11.3. The van der Waals surface area contributed by atoms with Crippen LogP contribution in [0.2, 0.25) is 5.02 Å². The van der Waals surface area contributed by atoms with Crippen LogP contribution in [0.4, 0.5) is 5.95 Å². The van der Waals surface area contributed by atoms with E-state index >= 15 is 0 Å². The predicted octanol–water partition coefficient (Wildman–Crippen LogP) is 3.27. The molecule has 0 fully saturated rings. The number of rotatable bonds is 2. The van der Waals surface area contributed by atoms with Crippen LogP contribution in [0.1, 0.15) is 13.8 Å². The number of benzene rings is 1. The number of hydrogen-bond acceptors (Lipinski definition) is 4. The normalized spacial score (nSPS) is 15.1. The fourth-order valence-electron chi connectivity index (χ4n) is 2.05. The van der Waals surface area contributed by atoms with E-state index < -0.39 is 0 Å². The van der Waals surface area contributed by atoms with Crippen LogP contribution in [0.3, 0.4) is 0 Å². The number of nitrogens with one attached hydrogen (secondary N) is 1. The predicted molar refractivity (Wildman–Crippen MR) is 81.0 cm³/mol. The molecule has 0 bridgehead atoms. The van der Waals surface area contributed by atoms with Crippen LogP contribution in [0.5, 0.6) is 0 Å². The summed E-state index contributed by atoms with van der Waals surface area (Å²) in [7, 11) is 0. The van der Waals surface area contributed by atoms with Crippen molar-refractivity contribution in [2.45, 2.75) is 13.8 Å². The van der Waals surface area contributed by atoms with Crippen molar-refractivity contribution in [2.75, 3.05) is 11.6 Å². The lowest BCUT2D eigenvalue weighted by atomic mass is 10.2. The van der Waals surface area contributed by atoms with E-state index in [0.29, 0.717) is 17.6 Å². The van der Waals surface area contributed by atoms with Gasteiger partial charge in [0.15, 0.2) is 5.82 Å². The van der Waals surface area contributed by atoms with Crippen molar-refractivity contribution < 1.29 is 0 Å². The summed E-state index contributed by atoms with van der Waals surface area (Å²) in [4.78, 5) is 10.9. The Morgan fingerprint density at radius 3 is 2.65 bits per heavy atom. The molecule has 1 aromatic heterocycles. The Morgan fingerprint density at radius 1 is 1.20 bits per heavy atom. The lowest BCUT2D eigenvalue weighted by molar-refractivity contribution is 0.863. The standard InChI is InChI=1S/C14H14ClN5/c1-9-7-10(2)20(8-16-9)14-17-13(18-19-14)11-3-5-12(15)6-4-11/h3-7H,8H2,1-2H3,(H,17,18,19). The van der Waals surface area contributed by atoms with Crippen LogP contribution in [0.15, 0.2) is 41.0 Å². The molecule has 0 amide bonds. The molecule has 0 saturated carbocycles. The topological polar surface area (TPSA) is 57.2 Å². The summed E-state index contributed by atoms with van der Waals surface area (Å²) < 4.78 is 0. The van der Waals surface area contributed by atoms with Gasteiger partial charge in [0, 0.05) is 22.0 Å². The van der Waals surface area contributed by atoms with Gasteiger partial charge in [-0.2, -0.15) is 4.98 Å². The van der Waals surface area contributed by atoms with E-state index in [4.69, 9.17) is 11.6 Å². The highest BCUT2D eigenvalue weighted by molar-refractivity contribution is 6.30. The van der Waals surface area contributed by atoms with Gasteiger partial charge in [-0.1, -0.05) is 11.6 Å². The second kappa shape index (κ2) is 5.09. The molecule has 1 aromatic carbocycles. The van der Waals surface area contributed by atoms with Crippen LogP contribution < -0.4 is 4.90 Å². The van der Waals surface area contributed by atoms with Crippen LogP contribution in [-0.4, -0.2) is 27.6 Å². The minimum absolute atomic E-state index is 0.548. The molecule has 2 aromatic rings. The summed E-state index contributed by atoms with van der Waals surface area (Å²) in [5.74, 6) is 1.34. The number of aromatic nitrogens is 3. The molecule has 0 unspecified atom stereocenters. The quantitative estimate of drug-likeness (QED) is 0.922. The SMILES string of the molecule is CC1=CC(C)=NCN1c1n[nH]c(-c2ccc(Cl)cc2)n1. The molecule has 0 radical (unpaired) electrons. The van der Waals surface area contributed by atoms with Gasteiger partial charge in [0.1, 0.15) is 6.67 Å². The fraction of sp³-hybridized carbons (Fsp3) is 0.214. The van der Waals surface area contributed by atoms with Crippen LogP contribution >= 0.6 is 11.6 Å². The zero-order chi connectivity index (χ0) is 14.1. The number of aromatic amines is 1. The van der Waals surface area contributed by atoms with E-state index in [0.717, 1.165) is 22.8 Å². The molecule has 1 aliphatic heterocycles. The monoisotopic (exact) mass is 287 g/mol. The lowest BCUT2D eigenvalue weighted by Crippen LogP contribution is -2.26. The van der Waals surface area contributed by atoms with Crippen molar-refractivity contribution in [3.63, 3.8) is 0 Å². The molecule has 1 aliphatic rings. The summed E-state index contributed by atoms with van der Waals surface area (Å²) in [5.41, 5.74) is 3.05. The summed E-state index contributed by atoms with van der Waals surface area (Å²) in [5, 5.41) is 7.91. The van der Waals surface area contributed by atoms with E-state index in [1.54, 1.807) is 0 Å². The third kappa shape index (κ3) is 2.44. The first-order valence-electron chi connectivity index (χ1n) is 6.29. The average Bonchev–Trinajstić information content (AvgIpc) is 2.89. The lowest BCUT2D eigenvalue weighted by Gasteiger charge is -2.22. The van der Waals surface area contributed by atoms with Gasteiger partial charge in [0.25, 0.3) is 5.95 Å². The van der Waals surface area contributed by atoms with Gasteiger partial charge < -0.3 is 0 Å². The smallest absolute Gasteiger partial charge is 0.250 e. The molecule has 6 heteroatoms. The van der Waals surface area contributed by atoms with Gasteiger partial charge in [0.2, 0.25) is 0 Å². The molecule has 0 saturated heterocycles. The van der Waals surface area contributed by atoms with Crippen molar-refractivity contribution in [1.29, 1.82) is 0 Å². The van der Waals surface area contributed by atoms with Crippen molar-refractivity contribution in [3.8, 4) is 11.4 Å². The van der Waals surface area contributed by atoms with Gasteiger partial charge in [0.05, 0.1) is 0 Å². The molecule has 20 heavy (non-hydrogen) atoms. The maximum atomic E-state index is 5.88. The van der Waals surface area contributed by atoms with Gasteiger partial charge in [-0.3, -0.25) is 15.0 Å². The number of H-pyrrole nitrogens is 1. The Balaban J connectivity index is 1.88. The molecule has 0 atom stereocenters. The summed E-state index contributed by atoms with van der Waals surface area (Å²) in [6.07, 6.45) is 2.02. The first-order valence-corrected chi connectivity index (χ1v) is 6.66. The van der Waals surface area contributed by atoms with Crippen molar-refractivity contribution in [2.24, 2.45) is 4.99 Å². The largest absolute Gasteiger partial charge is 0.293 e. The van der Waals surface area contributed by atoms with Crippen LogP contribution in [0.25, 0.3) is 11.4 Å². The van der Waals surface area contributed by atoms with Gasteiger partial charge >= 0.3 is 0 Å². The van der Waals surface area contributed by atoms with Crippen molar-refractivity contribution >= 4 is 23.3 Å². The minimum Gasteiger partial charge on any atom is -0.293 e. The van der Waals surface area contributed by atoms with Gasteiger partial charge in [-0.05, 0) is 44.2 Å². The molecule has 1 N–H and O–H groups in total. The summed E-state index contributed by atoms with van der Waals surface area (Å²) >= 11 is 5.88. The first-order chi connectivity index (χ1) is 9.63.